The van der Waals surface area contributed by atoms with Crippen LogP contribution in [0.3, 0.4) is 0 Å². The number of aliphatic carboxylic acids is 2. The lowest BCUT2D eigenvalue weighted by Gasteiger charge is -2.39. The zero-order chi connectivity index (χ0) is 30.4. The molecule has 4 aliphatic rings. The van der Waals surface area contributed by atoms with Gasteiger partial charge in [-0.05, 0) is 63.0 Å². The summed E-state index contributed by atoms with van der Waals surface area (Å²) in [7, 11) is 0. The van der Waals surface area contributed by atoms with Crippen LogP contribution < -0.4 is 5.32 Å². The Morgan fingerprint density at radius 1 is 1.05 bits per heavy atom. The molecular weight excluding hydrogens is 568 g/mol. The lowest BCUT2D eigenvalue weighted by Crippen LogP contribution is -2.60. The van der Waals surface area contributed by atoms with Crippen molar-refractivity contribution in [2.75, 3.05) is 18.8 Å². The van der Waals surface area contributed by atoms with Gasteiger partial charge in [0.1, 0.15) is 18.3 Å². The van der Waals surface area contributed by atoms with E-state index in [1.165, 1.54) is 0 Å². The van der Waals surface area contributed by atoms with Gasteiger partial charge in [0.05, 0.1) is 12.1 Å². The van der Waals surface area contributed by atoms with E-state index in [2.05, 4.69) is 17.1 Å². The molecule has 0 amide bonds. The predicted octanol–water partition coefficient (Wildman–Crippen LogP) is 1.32. The van der Waals surface area contributed by atoms with E-state index in [9.17, 15) is 39.9 Å². The van der Waals surface area contributed by atoms with Gasteiger partial charge >= 0.3 is 17.9 Å². The topological polar surface area (TPSA) is 186 Å². The Morgan fingerprint density at radius 3 is 2.40 bits per heavy atom. The Kier molecular flexibility index (Phi) is 12.1. The highest BCUT2D eigenvalue weighted by Crippen LogP contribution is 2.35. The summed E-state index contributed by atoms with van der Waals surface area (Å²) in [6.45, 7) is 3.64. The van der Waals surface area contributed by atoms with Gasteiger partial charge in [-0.2, -0.15) is 11.8 Å². The van der Waals surface area contributed by atoms with Gasteiger partial charge in [0, 0.05) is 30.0 Å². The lowest BCUT2D eigenvalue weighted by molar-refractivity contribution is -0.287. The van der Waals surface area contributed by atoms with Crippen molar-refractivity contribution in [2.45, 2.75) is 119 Å². The predicted molar refractivity (Wildman–Crippen MR) is 153 cm³/mol. The van der Waals surface area contributed by atoms with Gasteiger partial charge in [-0.15, -0.1) is 0 Å². The largest absolute Gasteiger partial charge is 0.479 e. The van der Waals surface area contributed by atoms with E-state index in [4.69, 9.17) is 9.47 Å². The third-order valence-electron chi connectivity index (χ3n) is 9.05. The summed E-state index contributed by atoms with van der Waals surface area (Å²) in [6, 6.07) is -0.0130. The summed E-state index contributed by atoms with van der Waals surface area (Å²) in [5.41, 5.74) is 0.490. The molecule has 1 aliphatic carbocycles. The molecule has 0 aromatic rings. The highest BCUT2D eigenvalue weighted by Gasteiger charge is 2.49. The van der Waals surface area contributed by atoms with Crippen molar-refractivity contribution in [3.05, 3.63) is 11.6 Å². The van der Waals surface area contributed by atoms with E-state index < -0.39 is 54.5 Å². The minimum Gasteiger partial charge on any atom is -0.479 e. The van der Waals surface area contributed by atoms with Crippen molar-refractivity contribution in [1.29, 1.82) is 0 Å². The first-order chi connectivity index (χ1) is 20.1. The summed E-state index contributed by atoms with van der Waals surface area (Å²) in [4.78, 5) is 38.8. The van der Waals surface area contributed by atoms with E-state index >= 15 is 0 Å². The van der Waals surface area contributed by atoms with Gasteiger partial charge in [0.2, 0.25) is 6.29 Å². The van der Waals surface area contributed by atoms with E-state index in [1.54, 1.807) is 0 Å². The van der Waals surface area contributed by atoms with Gasteiger partial charge in [-0.3, -0.25) is 15.0 Å². The molecule has 3 saturated heterocycles. The number of carboxylic acids is 2. The number of thioether (sulfide) groups is 1. The quantitative estimate of drug-likeness (QED) is 0.137. The maximum absolute atomic E-state index is 12.9. The molecule has 0 spiro atoms. The highest BCUT2D eigenvalue weighted by atomic mass is 32.2. The van der Waals surface area contributed by atoms with Crippen LogP contribution in [-0.4, -0.2) is 115 Å². The first kappa shape index (κ1) is 33.2. The Labute approximate surface area is 250 Å². The minimum atomic E-state index is -1.85. The third-order valence-corrected chi connectivity index (χ3v) is 10.5. The van der Waals surface area contributed by atoms with E-state index in [-0.39, 0.29) is 12.2 Å². The second-order valence-corrected chi connectivity index (χ2v) is 13.5. The second-order valence-electron chi connectivity index (χ2n) is 12.1. The zero-order valence-electron chi connectivity index (χ0n) is 24.2. The summed E-state index contributed by atoms with van der Waals surface area (Å²) in [5, 5.41) is 53.2. The maximum atomic E-state index is 12.9. The van der Waals surface area contributed by atoms with Crippen molar-refractivity contribution in [3.63, 3.8) is 0 Å². The summed E-state index contributed by atoms with van der Waals surface area (Å²) in [6.07, 6.45) is 1.63. The molecule has 3 heterocycles. The van der Waals surface area contributed by atoms with Crippen LogP contribution in [0.1, 0.15) is 71.1 Å². The number of esters is 1. The van der Waals surface area contributed by atoms with E-state index in [0.717, 1.165) is 57.2 Å². The molecule has 6 N–H and O–H groups in total. The Morgan fingerprint density at radius 2 is 1.79 bits per heavy atom. The molecule has 42 heavy (non-hydrogen) atoms. The molecular formula is C29H46N2O10S. The first-order valence-corrected chi connectivity index (χ1v) is 16.3. The molecule has 0 radical (unpaired) electrons. The van der Waals surface area contributed by atoms with Crippen LogP contribution in [-0.2, 0) is 23.9 Å². The van der Waals surface area contributed by atoms with Gasteiger partial charge in [0.15, 0.2) is 6.10 Å². The molecule has 8 unspecified atom stereocenters. The van der Waals surface area contributed by atoms with E-state index in [1.807, 2.05) is 17.8 Å². The van der Waals surface area contributed by atoms with Crippen molar-refractivity contribution >= 4 is 29.7 Å². The number of carboxylic acid groups (broad SMARTS) is 2. The molecule has 4 rings (SSSR count). The molecule has 8 atom stereocenters. The SMILES string of the molecule is CCCCC1NCC(/C=C(\CC2CCCS2)C(=O)O)N1CC1CCC(C(=O)OC2OC(C(=O)O)C(O)C(O)C2O)CC1. The lowest BCUT2D eigenvalue weighted by atomic mass is 9.81. The summed E-state index contributed by atoms with van der Waals surface area (Å²) >= 11 is 1.86. The fraction of sp³-hybridized carbons (Fsp3) is 0.828. The zero-order valence-corrected chi connectivity index (χ0v) is 25.0. The van der Waals surface area contributed by atoms with Crippen LogP contribution in [0.25, 0.3) is 0 Å². The number of carbonyl (C=O) groups is 3. The summed E-state index contributed by atoms with van der Waals surface area (Å²) < 4.78 is 10.4. The van der Waals surface area contributed by atoms with Crippen LogP contribution in [0, 0.1) is 11.8 Å². The molecule has 1 saturated carbocycles. The molecule has 3 aliphatic heterocycles. The maximum Gasteiger partial charge on any atom is 0.335 e. The first-order valence-electron chi connectivity index (χ1n) is 15.3. The number of hydrogen-bond acceptors (Lipinski definition) is 11. The summed E-state index contributed by atoms with van der Waals surface area (Å²) in [5.74, 6) is -2.09. The Bertz CT molecular complexity index is 968. The van der Waals surface area contributed by atoms with Crippen molar-refractivity contribution in [1.82, 2.24) is 10.2 Å². The number of nitrogens with zero attached hydrogens (tertiary/aromatic N) is 1. The highest BCUT2D eigenvalue weighted by molar-refractivity contribution is 8.00. The number of aliphatic hydroxyl groups is 3. The molecule has 0 bridgehead atoms. The fourth-order valence-electron chi connectivity index (χ4n) is 6.55. The number of unbranched alkanes of at least 4 members (excludes halogenated alkanes) is 1. The molecule has 12 nitrogen and oxygen atoms in total. The number of hydrogen-bond donors (Lipinski definition) is 6. The third kappa shape index (κ3) is 8.25. The van der Waals surface area contributed by atoms with Gasteiger partial charge in [0.25, 0.3) is 0 Å². The minimum absolute atomic E-state index is 0.0130. The van der Waals surface area contributed by atoms with Crippen molar-refractivity contribution < 1.29 is 49.4 Å². The van der Waals surface area contributed by atoms with Gasteiger partial charge < -0.3 is 35.0 Å². The molecule has 0 aromatic carbocycles. The normalized spacial score (nSPS) is 38.0. The average molecular weight is 615 g/mol. The monoisotopic (exact) mass is 614 g/mol. The molecule has 13 heteroatoms. The fourth-order valence-corrected chi connectivity index (χ4v) is 7.85. The van der Waals surface area contributed by atoms with Gasteiger partial charge in [-0.25, -0.2) is 9.59 Å². The Balaban J connectivity index is 1.34. The van der Waals surface area contributed by atoms with Crippen LogP contribution >= 0.6 is 11.8 Å². The number of nitrogens with one attached hydrogen (secondary N) is 1. The molecule has 238 valence electrons. The van der Waals surface area contributed by atoms with Crippen molar-refractivity contribution in [2.24, 2.45) is 11.8 Å². The molecule has 4 fully saturated rings. The second kappa shape index (κ2) is 15.3. The van der Waals surface area contributed by atoms with Crippen LogP contribution in [0.5, 0.6) is 0 Å². The van der Waals surface area contributed by atoms with Gasteiger partial charge in [-0.1, -0.05) is 25.8 Å². The van der Waals surface area contributed by atoms with Crippen molar-refractivity contribution in [3.8, 4) is 0 Å². The number of ether oxygens (including phenoxy) is 2. The smallest absolute Gasteiger partial charge is 0.335 e. The van der Waals surface area contributed by atoms with Crippen LogP contribution in [0.15, 0.2) is 11.6 Å². The van der Waals surface area contributed by atoms with E-state index in [0.29, 0.717) is 42.5 Å². The average Bonchev–Trinajstić information content (AvgIpc) is 3.62. The molecule has 0 aromatic heterocycles. The van der Waals surface area contributed by atoms with Crippen LogP contribution in [0.4, 0.5) is 0 Å². The standard InChI is InChI=1S/C29H46N2O10S/c1-2-3-6-21-30-14-19(12-18(26(35)36)13-20-5-4-11-42-20)31(21)15-16-7-9-17(10-8-16)28(39)41-29-24(34)22(32)23(33)25(40-29)27(37)38/h12,16-17,19-25,29-30,32-34H,2-11,13-15H2,1H3,(H,35,36)(H,37,38)/b18-12+. The number of carbonyl (C=O) groups excluding carboxylic acids is 1. The number of aliphatic hydroxyl groups excluding tert-OH is 3. The Hall–Kier alpha value is -1.74. The number of rotatable bonds is 12. The van der Waals surface area contributed by atoms with Crippen LogP contribution in [0.2, 0.25) is 0 Å².